The lowest BCUT2D eigenvalue weighted by Gasteiger charge is -2.18. The van der Waals surface area contributed by atoms with E-state index in [0.29, 0.717) is 0 Å². The molecule has 0 aromatic heterocycles. The molecule has 0 aliphatic rings. The van der Waals surface area contributed by atoms with E-state index >= 15 is 0 Å². The highest BCUT2D eigenvalue weighted by molar-refractivity contribution is 7.87. The number of oxime groups is 1. The number of aryl methyl sites for hydroxylation is 1. The fourth-order valence-electron chi connectivity index (χ4n) is 1.80. The molecular formula is C16H20F3NO6S. The first-order valence-electron chi connectivity index (χ1n) is 7.83. The van der Waals surface area contributed by atoms with Crippen LogP contribution in [0.5, 0.6) is 0 Å². The maximum Gasteiger partial charge on any atom is 0.412 e. The predicted molar refractivity (Wildman–Crippen MR) is 90.7 cm³/mol. The van der Waals surface area contributed by atoms with Gasteiger partial charge >= 0.3 is 21.3 Å². The number of alkyl halides is 3. The van der Waals surface area contributed by atoms with Crippen molar-refractivity contribution in [1.29, 1.82) is 0 Å². The lowest BCUT2D eigenvalue weighted by atomic mass is 10.1. The summed E-state index contributed by atoms with van der Waals surface area (Å²) in [5, 5.41) is -1.87. The highest BCUT2D eigenvalue weighted by atomic mass is 32.2. The molecule has 0 heterocycles. The third-order valence-electron chi connectivity index (χ3n) is 3.29. The molecule has 0 amide bonds. The number of halogens is 3. The topological polar surface area (TPSA) is 91.3 Å². The summed E-state index contributed by atoms with van der Waals surface area (Å²) < 4.78 is 77.8. The van der Waals surface area contributed by atoms with Gasteiger partial charge in [-0.2, -0.15) is 17.2 Å². The van der Waals surface area contributed by atoms with E-state index in [2.05, 4.69) is 14.2 Å². The van der Waals surface area contributed by atoms with Crippen molar-refractivity contribution in [1.82, 2.24) is 0 Å². The third kappa shape index (κ3) is 5.93. The number of esters is 1. The molecule has 0 radical (unpaired) electrons. The monoisotopic (exact) mass is 411 g/mol. The quantitative estimate of drug-likeness (QED) is 0.334. The first kappa shape index (κ1) is 22.9. The first-order chi connectivity index (χ1) is 12.6. The molecule has 0 saturated heterocycles. The average molecular weight is 411 g/mol. The molecule has 1 unspecified atom stereocenters. The van der Waals surface area contributed by atoms with Gasteiger partial charge in [-0.05, 0) is 13.8 Å². The second-order valence-electron chi connectivity index (χ2n) is 5.37. The number of hydrogen-bond donors (Lipinski definition) is 0. The van der Waals surface area contributed by atoms with Gasteiger partial charge in [-0.3, -0.25) is 4.28 Å². The molecule has 1 rings (SSSR count). The van der Waals surface area contributed by atoms with Crippen molar-refractivity contribution in [3.05, 3.63) is 35.4 Å². The van der Waals surface area contributed by atoms with E-state index in [1.54, 1.807) is 19.1 Å². The Morgan fingerprint density at radius 3 is 2.37 bits per heavy atom. The number of rotatable bonds is 10. The molecule has 0 aliphatic heterocycles. The van der Waals surface area contributed by atoms with E-state index < -0.39 is 46.3 Å². The van der Waals surface area contributed by atoms with E-state index in [4.69, 9.17) is 4.74 Å². The summed E-state index contributed by atoms with van der Waals surface area (Å²) >= 11 is 0. The Morgan fingerprint density at radius 2 is 1.85 bits per heavy atom. The number of carbonyl (C=O) groups excluding carboxylic acids is 1. The smallest absolute Gasteiger partial charge is 0.412 e. The third-order valence-corrected chi connectivity index (χ3v) is 4.49. The van der Waals surface area contributed by atoms with E-state index in [1.807, 2.05) is 0 Å². The van der Waals surface area contributed by atoms with Crippen LogP contribution in [-0.2, 0) is 28.7 Å². The highest BCUT2D eigenvalue weighted by Crippen LogP contribution is 2.32. The zero-order valence-corrected chi connectivity index (χ0v) is 15.8. The predicted octanol–water partition coefficient (Wildman–Crippen LogP) is 2.58. The van der Waals surface area contributed by atoms with Crippen LogP contribution in [0.4, 0.5) is 13.2 Å². The fourth-order valence-corrected chi connectivity index (χ4v) is 2.50. The summed E-state index contributed by atoms with van der Waals surface area (Å²) in [6, 6.07) is 5.95. The van der Waals surface area contributed by atoms with E-state index in [-0.39, 0.29) is 12.2 Å². The summed E-state index contributed by atoms with van der Waals surface area (Å²) in [4.78, 5) is 12.0. The number of hydrogen-bond acceptors (Lipinski definition) is 7. The molecule has 0 N–H and O–H groups in total. The molecule has 11 heteroatoms. The van der Waals surface area contributed by atoms with Gasteiger partial charge in [-0.25, -0.2) is 9.18 Å². The van der Waals surface area contributed by atoms with Gasteiger partial charge in [0, 0.05) is 25.7 Å². The van der Waals surface area contributed by atoms with Crippen LogP contribution < -0.4 is 0 Å². The summed E-state index contributed by atoms with van der Waals surface area (Å²) in [7, 11) is -4.66. The molecule has 1 atom stereocenters. The van der Waals surface area contributed by atoms with Crippen LogP contribution in [0.1, 0.15) is 24.5 Å². The van der Waals surface area contributed by atoms with Gasteiger partial charge in [-0.15, -0.1) is 0 Å². The van der Waals surface area contributed by atoms with Gasteiger partial charge in [0.25, 0.3) is 0 Å². The average Bonchev–Trinajstić information content (AvgIpc) is 2.61. The lowest BCUT2D eigenvalue weighted by molar-refractivity contribution is -0.135. The first-order valence-corrected chi connectivity index (χ1v) is 9.23. The number of methoxy groups -OCH3 is 1. The van der Waals surface area contributed by atoms with Gasteiger partial charge < -0.3 is 9.47 Å². The summed E-state index contributed by atoms with van der Waals surface area (Å²) in [6.07, 6.45) is -3.96. The minimum atomic E-state index is -5.81. The molecule has 0 spiro atoms. The van der Waals surface area contributed by atoms with E-state index in [9.17, 15) is 26.4 Å². The lowest BCUT2D eigenvalue weighted by Crippen LogP contribution is -2.40. The van der Waals surface area contributed by atoms with Gasteiger partial charge in [0.15, 0.2) is 11.9 Å². The minimum Gasteiger partial charge on any atom is -0.461 e. The van der Waals surface area contributed by atoms with Crippen molar-refractivity contribution in [3.63, 3.8) is 0 Å². The van der Waals surface area contributed by atoms with Crippen LogP contribution in [0.3, 0.4) is 0 Å². The van der Waals surface area contributed by atoms with E-state index in [1.165, 1.54) is 19.1 Å². The Balaban J connectivity index is 3.16. The maximum atomic E-state index is 13.8. The number of benzene rings is 1. The molecule has 0 saturated carbocycles. The Hall–Kier alpha value is -2.14. The van der Waals surface area contributed by atoms with Crippen LogP contribution in [-0.4, -0.2) is 51.8 Å². The Labute approximate surface area is 155 Å². The molecular weight excluding hydrogens is 391 g/mol. The minimum absolute atomic E-state index is 0.0732. The standard InChI is InChI=1S/C16H20F3NO6S/c1-4-25-15(21)14(12-7-5-11(2)6-8-12)20-26-27(22,23)16(18,19)13(17)9-10-24-3/h5-8,13H,4,9-10H2,1-3H3/b20-14-. The van der Waals surface area contributed by atoms with Crippen LogP contribution in [0.15, 0.2) is 29.4 Å². The summed E-state index contributed by atoms with van der Waals surface area (Å²) in [5.41, 5.74) is 0.248. The van der Waals surface area contributed by atoms with Crippen molar-refractivity contribution in [3.8, 4) is 0 Å². The number of ether oxygens (including phenoxy) is 2. The largest absolute Gasteiger partial charge is 0.461 e. The molecule has 7 nitrogen and oxygen atoms in total. The van der Waals surface area contributed by atoms with Crippen molar-refractivity contribution < 1.29 is 40.1 Å². The Bertz CT molecular complexity index is 765. The van der Waals surface area contributed by atoms with Crippen LogP contribution in [0.25, 0.3) is 0 Å². The zero-order valence-electron chi connectivity index (χ0n) is 14.9. The molecule has 1 aromatic rings. The summed E-state index contributed by atoms with van der Waals surface area (Å²) in [5.74, 6) is -1.09. The number of nitrogens with zero attached hydrogens (tertiary/aromatic N) is 1. The zero-order chi connectivity index (χ0) is 20.7. The van der Waals surface area contributed by atoms with Gasteiger partial charge in [0.1, 0.15) is 0 Å². The molecule has 0 bridgehead atoms. The molecule has 0 aliphatic carbocycles. The van der Waals surface area contributed by atoms with Gasteiger partial charge in [0.2, 0.25) is 0 Å². The van der Waals surface area contributed by atoms with Crippen molar-refractivity contribution >= 4 is 21.8 Å². The second-order valence-corrected chi connectivity index (χ2v) is 6.97. The van der Waals surface area contributed by atoms with Crippen LogP contribution in [0, 0.1) is 6.92 Å². The molecule has 1 aromatic carbocycles. The van der Waals surface area contributed by atoms with Crippen LogP contribution >= 0.6 is 0 Å². The van der Waals surface area contributed by atoms with Crippen LogP contribution in [0.2, 0.25) is 0 Å². The fraction of sp³-hybridized carbons (Fsp3) is 0.500. The second kappa shape index (κ2) is 9.70. The molecule has 0 fully saturated rings. The molecule has 27 heavy (non-hydrogen) atoms. The molecule has 152 valence electrons. The highest BCUT2D eigenvalue weighted by Gasteiger charge is 2.55. The number of carbonyl (C=O) groups is 1. The summed E-state index contributed by atoms with van der Waals surface area (Å²) in [6.45, 7) is 2.75. The normalized spacial score (nSPS) is 13.9. The maximum absolute atomic E-state index is 13.8. The van der Waals surface area contributed by atoms with Gasteiger partial charge in [0.05, 0.1) is 6.61 Å². The van der Waals surface area contributed by atoms with Crippen molar-refractivity contribution in [2.24, 2.45) is 5.16 Å². The Morgan fingerprint density at radius 1 is 1.26 bits per heavy atom. The van der Waals surface area contributed by atoms with E-state index in [0.717, 1.165) is 12.7 Å². The SMILES string of the molecule is CCOC(=O)/C(=N\OS(=O)(=O)C(F)(F)C(F)CCOC)c1ccc(C)cc1. The van der Waals surface area contributed by atoms with Crippen molar-refractivity contribution in [2.75, 3.05) is 20.3 Å². The van der Waals surface area contributed by atoms with Gasteiger partial charge in [-0.1, -0.05) is 35.0 Å². The van der Waals surface area contributed by atoms with Crippen molar-refractivity contribution in [2.45, 2.75) is 31.7 Å². The Kier molecular flexibility index (Phi) is 8.22.